The molecule has 1 heterocycles. The predicted molar refractivity (Wildman–Crippen MR) is 86.2 cm³/mol. The highest BCUT2D eigenvalue weighted by molar-refractivity contribution is 5.76. The van der Waals surface area contributed by atoms with Crippen LogP contribution in [0.1, 0.15) is 17.9 Å². The zero-order valence-electron chi connectivity index (χ0n) is 13.5. The van der Waals surface area contributed by atoms with Crippen molar-refractivity contribution >= 4 is 5.91 Å². The van der Waals surface area contributed by atoms with E-state index in [9.17, 15) is 18.0 Å². The van der Waals surface area contributed by atoms with Gasteiger partial charge in [0, 0.05) is 31.0 Å². The molecule has 0 bridgehead atoms. The molecule has 0 saturated heterocycles. The molecule has 0 saturated carbocycles. The number of aryl methyl sites for hydroxylation is 1. The van der Waals surface area contributed by atoms with Gasteiger partial charge in [0.25, 0.3) is 0 Å². The van der Waals surface area contributed by atoms with Crippen molar-refractivity contribution in [3.8, 4) is 11.4 Å². The number of benzene rings is 2. The lowest BCUT2D eigenvalue weighted by Crippen LogP contribution is -2.23. The third kappa shape index (κ3) is 4.69. The minimum absolute atomic E-state index is 0.00584. The fourth-order valence-corrected chi connectivity index (χ4v) is 2.32. The minimum atomic E-state index is -0.704. The van der Waals surface area contributed by atoms with E-state index < -0.39 is 17.5 Å². The van der Waals surface area contributed by atoms with Gasteiger partial charge in [-0.2, -0.15) is 4.98 Å². The molecular weight excluding hydrogens is 347 g/mol. The van der Waals surface area contributed by atoms with E-state index in [1.165, 1.54) is 18.2 Å². The van der Waals surface area contributed by atoms with Gasteiger partial charge < -0.3 is 9.84 Å². The van der Waals surface area contributed by atoms with Gasteiger partial charge in [0.2, 0.25) is 17.6 Å². The molecule has 1 aromatic heterocycles. The van der Waals surface area contributed by atoms with Crippen LogP contribution in [-0.2, 0) is 17.8 Å². The fraction of sp³-hybridized carbons (Fsp3) is 0.167. The fourth-order valence-electron chi connectivity index (χ4n) is 2.32. The van der Waals surface area contributed by atoms with Gasteiger partial charge in [-0.05, 0) is 29.8 Å². The summed E-state index contributed by atoms with van der Waals surface area (Å²) in [5, 5.41) is 6.31. The number of rotatable bonds is 6. The topological polar surface area (TPSA) is 68.0 Å². The van der Waals surface area contributed by atoms with Gasteiger partial charge in [0.15, 0.2) is 0 Å². The molecule has 0 aliphatic carbocycles. The molecule has 8 heteroatoms. The number of hydrogen-bond donors (Lipinski definition) is 1. The van der Waals surface area contributed by atoms with Crippen molar-refractivity contribution in [1.29, 1.82) is 0 Å². The Labute approximate surface area is 146 Å². The van der Waals surface area contributed by atoms with Crippen LogP contribution in [0, 0.1) is 17.5 Å². The van der Waals surface area contributed by atoms with Crippen molar-refractivity contribution in [2.75, 3.05) is 0 Å². The quantitative estimate of drug-likeness (QED) is 0.731. The van der Waals surface area contributed by atoms with E-state index in [2.05, 4.69) is 15.5 Å². The van der Waals surface area contributed by atoms with E-state index in [1.54, 1.807) is 6.07 Å². The van der Waals surface area contributed by atoms with Crippen molar-refractivity contribution in [2.24, 2.45) is 0 Å². The number of aromatic nitrogens is 2. The molecule has 0 aliphatic rings. The molecule has 0 radical (unpaired) electrons. The van der Waals surface area contributed by atoms with Gasteiger partial charge in [-0.3, -0.25) is 4.79 Å². The molecular formula is C18H14F3N3O2. The number of nitrogens with zero attached hydrogens (tertiary/aromatic N) is 2. The average Bonchev–Trinajstić information content (AvgIpc) is 3.06. The molecule has 1 N–H and O–H groups in total. The molecule has 0 unspecified atom stereocenters. The molecule has 3 rings (SSSR count). The lowest BCUT2D eigenvalue weighted by molar-refractivity contribution is -0.121. The maximum absolute atomic E-state index is 13.2. The summed E-state index contributed by atoms with van der Waals surface area (Å²) < 4.78 is 44.4. The number of amides is 1. The van der Waals surface area contributed by atoms with Crippen LogP contribution >= 0.6 is 0 Å². The highest BCUT2D eigenvalue weighted by Gasteiger charge is 2.11. The zero-order chi connectivity index (χ0) is 18.5. The van der Waals surface area contributed by atoms with Crippen LogP contribution in [0.3, 0.4) is 0 Å². The van der Waals surface area contributed by atoms with E-state index in [-0.39, 0.29) is 37.0 Å². The maximum Gasteiger partial charge on any atom is 0.227 e. The number of halogens is 3. The molecule has 0 spiro atoms. The second-order valence-corrected chi connectivity index (χ2v) is 5.58. The molecule has 3 aromatic rings. The normalized spacial score (nSPS) is 10.7. The number of carbonyl (C=O) groups is 1. The van der Waals surface area contributed by atoms with Crippen LogP contribution in [0.4, 0.5) is 13.2 Å². The summed E-state index contributed by atoms with van der Waals surface area (Å²) in [4.78, 5) is 16.0. The zero-order valence-corrected chi connectivity index (χ0v) is 13.5. The Morgan fingerprint density at radius 2 is 1.81 bits per heavy atom. The Bertz CT molecular complexity index is 907. The van der Waals surface area contributed by atoms with Crippen molar-refractivity contribution in [2.45, 2.75) is 19.4 Å². The largest absolute Gasteiger partial charge is 0.352 e. The minimum Gasteiger partial charge on any atom is -0.352 e. The summed E-state index contributed by atoms with van der Waals surface area (Å²) >= 11 is 0. The molecule has 26 heavy (non-hydrogen) atoms. The van der Waals surface area contributed by atoms with Crippen molar-refractivity contribution in [3.05, 3.63) is 71.4 Å². The number of carbonyl (C=O) groups excluding carboxylic acids is 1. The van der Waals surface area contributed by atoms with E-state index in [1.807, 2.05) is 0 Å². The van der Waals surface area contributed by atoms with Gasteiger partial charge in [-0.1, -0.05) is 17.3 Å². The summed E-state index contributed by atoms with van der Waals surface area (Å²) in [6, 6.07) is 8.81. The Hall–Kier alpha value is -3.16. The van der Waals surface area contributed by atoms with E-state index >= 15 is 0 Å². The van der Waals surface area contributed by atoms with Crippen LogP contribution in [0.5, 0.6) is 0 Å². The van der Waals surface area contributed by atoms with Gasteiger partial charge in [-0.25, -0.2) is 13.2 Å². The van der Waals surface area contributed by atoms with Crippen LogP contribution in [0.25, 0.3) is 11.4 Å². The van der Waals surface area contributed by atoms with E-state index in [0.717, 1.165) is 18.2 Å². The third-order valence-electron chi connectivity index (χ3n) is 3.53. The maximum atomic E-state index is 13.2. The first-order chi connectivity index (χ1) is 12.5. The molecule has 2 aromatic carbocycles. The van der Waals surface area contributed by atoms with Gasteiger partial charge >= 0.3 is 0 Å². The summed E-state index contributed by atoms with van der Waals surface area (Å²) in [5.74, 6) is -1.69. The number of hydrogen-bond acceptors (Lipinski definition) is 4. The Balaban J connectivity index is 1.52. The SMILES string of the molecule is O=C(CCc1nc(-c2cccc(F)c2)no1)NCc1cc(F)cc(F)c1. The lowest BCUT2D eigenvalue weighted by Gasteiger charge is -2.05. The number of nitrogens with one attached hydrogen (secondary N) is 1. The van der Waals surface area contributed by atoms with Gasteiger partial charge in [0.1, 0.15) is 17.5 Å². The van der Waals surface area contributed by atoms with Gasteiger partial charge in [0.05, 0.1) is 0 Å². The van der Waals surface area contributed by atoms with Crippen molar-refractivity contribution in [1.82, 2.24) is 15.5 Å². The Kier molecular flexibility index (Phi) is 5.31. The molecule has 0 fully saturated rings. The Morgan fingerprint density at radius 3 is 2.54 bits per heavy atom. The monoisotopic (exact) mass is 361 g/mol. The van der Waals surface area contributed by atoms with Crippen LogP contribution in [-0.4, -0.2) is 16.0 Å². The summed E-state index contributed by atoms with van der Waals surface area (Å²) in [5.41, 5.74) is 0.791. The Morgan fingerprint density at radius 1 is 1.04 bits per heavy atom. The van der Waals surface area contributed by atoms with E-state index in [0.29, 0.717) is 11.1 Å². The predicted octanol–water partition coefficient (Wildman–Crippen LogP) is 3.40. The first kappa shape index (κ1) is 17.7. The smallest absolute Gasteiger partial charge is 0.227 e. The highest BCUT2D eigenvalue weighted by Crippen LogP contribution is 2.17. The lowest BCUT2D eigenvalue weighted by atomic mass is 10.2. The van der Waals surface area contributed by atoms with Crippen molar-refractivity contribution in [3.63, 3.8) is 0 Å². The standard InChI is InChI=1S/C18H14F3N3O2/c19-13-3-1-2-12(8-13)18-23-17(26-24-18)5-4-16(25)22-10-11-6-14(20)9-15(21)7-11/h1-3,6-9H,4-5,10H2,(H,22,25). The molecule has 1 amide bonds. The molecule has 134 valence electrons. The van der Waals surface area contributed by atoms with Crippen LogP contribution in [0.15, 0.2) is 47.0 Å². The molecule has 5 nitrogen and oxygen atoms in total. The van der Waals surface area contributed by atoms with Crippen LogP contribution < -0.4 is 5.32 Å². The summed E-state index contributed by atoms with van der Waals surface area (Å²) in [6.07, 6.45) is 0.244. The summed E-state index contributed by atoms with van der Waals surface area (Å²) in [7, 11) is 0. The second kappa shape index (κ2) is 7.81. The summed E-state index contributed by atoms with van der Waals surface area (Å²) in [6.45, 7) is 0.00584. The first-order valence-corrected chi connectivity index (χ1v) is 7.80. The van der Waals surface area contributed by atoms with Crippen molar-refractivity contribution < 1.29 is 22.5 Å². The van der Waals surface area contributed by atoms with E-state index in [4.69, 9.17) is 4.52 Å². The third-order valence-corrected chi connectivity index (χ3v) is 3.53. The molecule has 0 atom stereocenters. The first-order valence-electron chi connectivity index (χ1n) is 7.80. The van der Waals surface area contributed by atoms with Crippen LogP contribution in [0.2, 0.25) is 0 Å². The van der Waals surface area contributed by atoms with Gasteiger partial charge in [-0.15, -0.1) is 0 Å². The second-order valence-electron chi connectivity index (χ2n) is 5.58. The average molecular weight is 361 g/mol. The highest BCUT2D eigenvalue weighted by atomic mass is 19.1. The molecule has 0 aliphatic heterocycles.